The minimum absolute atomic E-state index is 0.288. The number of nitrogens with one attached hydrogen (secondary N) is 2. The second kappa shape index (κ2) is 7.74. The van der Waals surface area contributed by atoms with Gasteiger partial charge in [-0.1, -0.05) is 13.3 Å². The molecule has 0 spiro atoms. The van der Waals surface area contributed by atoms with Crippen molar-refractivity contribution in [2.45, 2.75) is 19.8 Å². The van der Waals surface area contributed by atoms with E-state index in [9.17, 15) is 4.79 Å². The molecule has 2 aromatic rings. The summed E-state index contributed by atoms with van der Waals surface area (Å²) in [5.74, 6) is -0.288. The molecule has 2 N–H and O–H groups in total. The van der Waals surface area contributed by atoms with Crippen LogP contribution in [0.4, 0.5) is 11.4 Å². The quantitative estimate of drug-likeness (QED) is 0.800. The summed E-state index contributed by atoms with van der Waals surface area (Å²) in [6.45, 7) is 2.92. The fourth-order valence-electron chi connectivity index (χ4n) is 1.89. The first kappa shape index (κ1) is 15.4. The molecular formula is C16H17N5O. The highest BCUT2D eigenvalue weighted by atomic mass is 16.1. The Morgan fingerprint density at radius 1 is 1.27 bits per heavy atom. The van der Waals surface area contributed by atoms with Crippen molar-refractivity contribution in [3.05, 3.63) is 47.8 Å². The van der Waals surface area contributed by atoms with Gasteiger partial charge in [-0.3, -0.25) is 4.79 Å². The highest BCUT2D eigenvalue weighted by Gasteiger charge is 2.10. The number of hydrogen-bond donors (Lipinski definition) is 2. The Kier molecular flexibility index (Phi) is 5.44. The number of carbonyl (C=O) groups excluding carboxylic acids is 1. The molecule has 6 nitrogen and oxygen atoms in total. The Balaban J connectivity index is 2.20. The third-order valence-corrected chi connectivity index (χ3v) is 3.09. The van der Waals surface area contributed by atoms with E-state index >= 15 is 0 Å². The SMILES string of the molecule is CCCCNc1ccc(C#N)cc1NC(=O)c1ccnnc1. The molecule has 0 saturated heterocycles. The summed E-state index contributed by atoms with van der Waals surface area (Å²) in [6, 6.07) is 8.83. The van der Waals surface area contributed by atoms with Crippen LogP contribution in [0.5, 0.6) is 0 Å². The van der Waals surface area contributed by atoms with Gasteiger partial charge in [-0.25, -0.2) is 0 Å². The zero-order valence-corrected chi connectivity index (χ0v) is 12.3. The van der Waals surface area contributed by atoms with E-state index in [1.54, 1.807) is 24.3 Å². The van der Waals surface area contributed by atoms with Crippen molar-refractivity contribution in [3.8, 4) is 6.07 Å². The molecule has 1 aromatic heterocycles. The minimum Gasteiger partial charge on any atom is -0.383 e. The number of nitriles is 1. The molecule has 0 aliphatic carbocycles. The van der Waals surface area contributed by atoms with Gasteiger partial charge in [-0.05, 0) is 30.7 Å². The third kappa shape index (κ3) is 4.03. The average molecular weight is 295 g/mol. The maximum Gasteiger partial charge on any atom is 0.257 e. The molecule has 0 bridgehead atoms. The lowest BCUT2D eigenvalue weighted by Gasteiger charge is -2.13. The van der Waals surface area contributed by atoms with Crippen molar-refractivity contribution in [1.29, 1.82) is 5.26 Å². The molecule has 0 fully saturated rings. The van der Waals surface area contributed by atoms with Crippen LogP contribution in [0.25, 0.3) is 0 Å². The predicted molar refractivity (Wildman–Crippen MR) is 84.5 cm³/mol. The number of unbranched alkanes of at least 4 members (excludes halogenated alkanes) is 1. The number of amides is 1. The van der Waals surface area contributed by atoms with E-state index in [1.807, 2.05) is 0 Å². The van der Waals surface area contributed by atoms with E-state index in [2.05, 4.69) is 33.8 Å². The summed E-state index contributed by atoms with van der Waals surface area (Å²) in [7, 11) is 0. The zero-order chi connectivity index (χ0) is 15.8. The standard InChI is InChI=1S/C16H17N5O/c1-2-3-7-18-14-5-4-12(10-17)9-15(14)21-16(22)13-6-8-19-20-11-13/h4-6,8-9,11,18H,2-3,7H2,1H3,(H,21,22). The van der Waals surface area contributed by atoms with Crippen molar-refractivity contribution < 1.29 is 4.79 Å². The van der Waals surface area contributed by atoms with Gasteiger partial charge in [0.05, 0.1) is 41.0 Å². The maximum atomic E-state index is 12.2. The van der Waals surface area contributed by atoms with Crippen LogP contribution >= 0.6 is 0 Å². The summed E-state index contributed by atoms with van der Waals surface area (Å²) in [5.41, 5.74) is 2.28. The summed E-state index contributed by atoms with van der Waals surface area (Å²) in [4.78, 5) is 12.2. The number of hydrogen-bond acceptors (Lipinski definition) is 5. The minimum atomic E-state index is -0.288. The van der Waals surface area contributed by atoms with Crippen molar-refractivity contribution >= 4 is 17.3 Å². The van der Waals surface area contributed by atoms with Crippen LogP contribution in [0.15, 0.2) is 36.7 Å². The molecule has 1 amide bonds. The van der Waals surface area contributed by atoms with Crippen LogP contribution in [0.2, 0.25) is 0 Å². The number of aromatic nitrogens is 2. The molecule has 1 heterocycles. The molecule has 1 aromatic carbocycles. The van der Waals surface area contributed by atoms with Gasteiger partial charge in [-0.15, -0.1) is 0 Å². The van der Waals surface area contributed by atoms with Crippen LogP contribution in [0.3, 0.4) is 0 Å². The van der Waals surface area contributed by atoms with Gasteiger partial charge in [0.2, 0.25) is 0 Å². The Labute approximate surface area is 129 Å². The van der Waals surface area contributed by atoms with Gasteiger partial charge in [0.25, 0.3) is 5.91 Å². The van der Waals surface area contributed by atoms with Crippen molar-refractivity contribution in [2.24, 2.45) is 0 Å². The summed E-state index contributed by atoms with van der Waals surface area (Å²) < 4.78 is 0. The van der Waals surface area contributed by atoms with Gasteiger partial charge >= 0.3 is 0 Å². The maximum absolute atomic E-state index is 12.2. The van der Waals surface area contributed by atoms with E-state index in [4.69, 9.17) is 5.26 Å². The molecule has 0 radical (unpaired) electrons. The number of carbonyl (C=O) groups is 1. The molecule has 0 aliphatic rings. The van der Waals surface area contributed by atoms with Gasteiger partial charge in [0.15, 0.2) is 0 Å². The average Bonchev–Trinajstić information content (AvgIpc) is 2.57. The summed E-state index contributed by atoms with van der Waals surface area (Å²) >= 11 is 0. The van der Waals surface area contributed by atoms with E-state index in [1.165, 1.54) is 12.4 Å². The van der Waals surface area contributed by atoms with Crippen LogP contribution in [0.1, 0.15) is 35.7 Å². The number of rotatable bonds is 6. The first-order valence-corrected chi connectivity index (χ1v) is 7.10. The molecule has 6 heteroatoms. The Hall–Kier alpha value is -2.94. The van der Waals surface area contributed by atoms with Crippen molar-refractivity contribution in [3.63, 3.8) is 0 Å². The fraction of sp³-hybridized carbons (Fsp3) is 0.250. The third-order valence-electron chi connectivity index (χ3n) is 3.09. The lowest BCUT2D eigenvalue weighted by molar-refractivity contribution is 0.102. The van der Waals surface area contributed by atoms with E-state index < -0.39 is 0 Å². The van der Waals surface area contributed by atoms with Crippen LogP contribution < -0.4 is 10.6 Å². The normalized spacial score (nSPS) is 9.82. The predicted octanol–water partition coefficient (Wildman–Crippen LogP) is 2.81. The topological polar surface area (TPSA) is 90.7 Å². The molecule has 0 unspecified atom stereocenters. The smallest absolute Gasteiger partial charge is 0.257 e. The Morgan fingerprint density at radius 3 is 2.82 bits per heavy atom. The van der Waals surface area contributed by atoms with E-state index in [-0.39, 0.29) is 5.91 Å². The lowest BCUT2D eigenvalue weighted by atomic mass is 10.1. The summed E-state index contributed by atoms with van der Waals surface area (Å²) in [6.07, 6.45) is 4.96. The van der Waals surface area contributed by atoms with E-state index in [0.29, 0.717) is 16.8 Å². The van der Waals surface area contributed by atoms with Crippen molar-refractivity contribution in [2.75, 3.05) is 17.2 Å². The Morgan fingerprint density at radius 2 is 2.14 bits per heavy atom. The zero-order valence-electron chi connectivity index (χ0n) is 12.3. The molecule has 0 atom stereocenters. The molecule has 0 saturated carbocycles. The largest absolute Gasteiger partial charge is 0.383 e. The highest BCUT2D eigenvalue weighted by Crippen LogP contribution is 2.24. The second-order valence-corrected chi connectivity index (χ2v) is 4.74. The monoisotopic (exact) mass is 295 g/mol. The molecule has 0 aliphatic heterocycles. The number of anilines is 2. The number of benzene rings is 1. The molecule has 2 rings (SSSR count). The first-order chi connectivity index (χ1) is 10.7. The Bertz CT molecular complexity index is 679. The van der Waals surface area contributed by atoms with Crippen LogP contribution in [-0.2, 0) is 0 Å². The second-order valence-electron chi connectivity index (χ2n) is 4.74. The molecular weight excluding hydrogens is 278 g/mol. The number of nitrogens with zero attached hydrogens (tertiary/aromatic N) is 3. The van der Waals surface area contributed by atoms with Gasteiger partial charge in [0.1, 0.15) is 0 Å². The lowest BCUT2D eigenvalue weighted by Crippen LogP contribution is -2.14. The molecule has 112 valence electrons. The fourth-order valence-corrected chi connectivity index (χ4v) is 1.89. The summed E-state index contributed by atoms with van der Waals surface area (Å²) in [5, 5.41) is 22.4. The highest BCUT2D eigenvalue weighted by molar-refractivity contribution is 6.05. The van der Waals surface area contributed by atoms with Gasteiger partial charge in [0, 0.05) is 6.54 Å². The van der Waals surface area contributed by atoms with Crippen LogP contribution in [-0.4, -0.2) is 22.6 Å². The molecule has 22 heavy (non-hydrogen) atoms. The van der Waals surface area contributed by atoms with Gasteiger partial charge < -0.3 is 10.6 Å². The van der Waals surface area contributed by atoms with Crippen molar-refractivity contribution in [1.82, 2.24) is 10.2 Å². The van der Waals surface area contributed by atoms with E-state index in [0.717, 1.165) is 25.1 Å². The first-order valence-electron chi connectivity index (χ1n) is 7.10. The van der Waals surface area contributed by atoms with Gasteiger partial charge in [-0.2, -0.15) is 15.5 Å². The van der Waals surface area contributed by atoms with Crippen LogP contribution in [0, 0.1) is 11.3 Å².